The first-order valence-electron chi connectivity index (χ1n) is 7.66. The van der Waals surface area contributed by atoms with Crippen molar-refractivity contribution < 1.29 is 27.2 Å². The molecule has 0 fully saturated rings. The number of hydrogen-bond donors (Lipinski definition) is 0. The largest absolute Gasteiger partial charge is 0.471 e. The van der Waals surface area contributed by atoms with E-state index in [4.69, 9.17) is 4.74 Å². The van der Waals surface area contributed by atoms with Gasteiger partial charge in [0.2, 0.25) is 5.82 Å². The molecule has 0 unspecified atom stereocenters. The van der Waals surface area contributed by atoms with Crippen molar-refractivity contribution in [2.75, 3.05) is 11.9 Å². The van der Waals surface area contributed by atoms with Crippen LogP contribution in [0.1, 0.15) is 11.5 Å². The van der Waals surface area contributed by atoms with Crippen molar-refractivity contribution in [3.63, 3.8) is 0 Å². The fourth-order valence-electron chi connectivity index (χ4n) is 2.09. The number of benzene rings is 1. The zero-order chi connectivity index (χ0) is 19.4. The Morgan fingerprint density at radius 3 is 2.52 bits per heavy atom. The number of halogens is 3. The van der Waals surface area contributed by atoms with Crippen molar-refractivity contribution in [3.05, 3.63) is 60.1 Å². The number of nitrogens with zero attached hydrogens (tertiary/aromatic N) is 4. The SMILES string of the molecule is CN(C(=O)OCc1ccc(-c2noc(C(F)(F)F)n2)cc1)c1ccccn1. The van der Waals surface area contributed by atoms with Crippen molar-refractivity contribution in [2.24, 2.45) is 0 Å². The molecule has 27 heavy (non-hydrogen) atoms. The third-order valence-corrected chi connectivity index (χ3v) is 3.51. The maximum Gasteiger partial charge on any atom is 0.471 e. The lowest BCUT2D eigenvalue weighted by Crippen LogP contribution is -2.27. The molecule has 0 bridgehead atoms. The van der Waals surface area contributed by atoms with Gasteiger partial charge in [0.05, 0.1) is 0 Å². The van der Waals surface area contributed by atoms with Gasteiger partial charge in [0, 0.05) is 18.8 Å². The van der Waals surface area contributed by atoms with Crippen LogP contribution in [0.15, 0.2) is 53.2 Å². The second-order valence-corrected chi connectivity index (χ2v) is 5.42. The number of pyridine rings is 1. The Morgan fingerprint density at radius 2 is 1.93 bits per heavy atom. The van der Waals surface area contributed by atoms with Crippen LogP contribution >= 0.6 is 0 Å². The highest BCUT2D eigenvalue weighted by atomic mass is 19.4. The van der Waals surface area contributed by atoms with Crippen LogP contribution in [0.2, 0.25) is 0 Å². The first kappa shape index (κ1) is 18.4. The second-order valence-electron chi connectivity index (χ2n) is 5.42. The van der Waals surface area contributed by atoms with Crippen LogP contribution in [0, 0.1) is 0 Å². The third-order valence-electron chi connectivity index (χ3n) is 3.51. The van der Waals surface area contributed by atoms with E-state index < -0.39 is 18.2 Å². The number of amides is 1. The molecule has 3 aromatic rings. The van der Waals surface area contributed by atoms with Crippen molar-refractivity contribution in [1.29, 1.82) is 0 Å². The summed E-state index contributed by atoms with van der Waals surface area (Å²) in [6.07, 6.45) is -3.73. The van der Waals surface area contributed by atoms with Crippen molar-refractivity contribution in [3.8, 4) is 11.4 Å². The average Bonchev–Trinajstić information content (AvgIpc) is 3.17. The Kier molecular flexibility index (Phi) is 5.06. The molecular weight excluding hydrogens is 365 g/mol. The summed E-state index contributed by atoms with van der Waals surface area (Å²) in [7, 11) is 1.53. The molecule has 1 aromatic carbocycles. The van der Waals surface area contributed by atoms with E-state index >= 15 is 0 Å². The highest BCUT2D eigenvalue weighted by molar-refractivity contribution is 5.85. The lowest BCUT2D eigenvalue weighted by atomic mass is 10.1. The van der Waals surface area contributed by atoms with Gasteiger partial charge in [-0.05, 0) is 17.7 Å². The molecule has 0 aliphatic heterocycles. The molecule has 7 nitrogen and oxygen atoms in total. The number of hydrogen-bond acceptors (Lipinski definition) is 6. The van der Waals surface area contributed by atoms with Crippen LogP contribution in [0.25, 0.3) is 11.4 Å². The first-order chi connectivity index (χ1) is 12.8. The summed E-state index contributed by atoms with van der Waals surface area (Å²) in [4.78, 5) is 20.6. The van der Waals surface area contributed by atoms with E-state index in [9.17, 15) is 18.0 Å². The number of carbonyl (C=O) groups excluding carboxylic acids is 1. The van der Waals surface area contributed by atoms with Crippen LogP contribution in [0.3, 0.4) is 0 Å². The number of rotatable bonds is 4. The van der Waals surface area contributed by atoms with Crippen molar-refractivity contribution in [1.82, 2.24) is 15.1 Å². The molecule has 10 heteroatoms. The highest BCUT2D eigenvalue weighted by Gasteiger charge is 2.38. The molecular formula is C17H13F3N4O3. The molecule has 1 amide bonds. The summed E-state index contributed by atoms with van der Waals surface area (Å²) in [5, 5.41) is 3.31. The van der Waals surface area contributed by atoms with Crippen LogP contribution in [-0.4, -0.2) is 28.3 Å². The van der Waals surface area contributed by atoms with E-state index in [0.29, 0.717) is 16.9 Å². The van der Waals surface area contributed by atoms with Gasteiger partial charge in [0.15, 0.2) is 0 Å². The number of alkyl halides is 3. The van der Waals surface area contributed by atoms with Crippen molar-refractivity contribution >= 4 is 11.9 Å². The van der Waals surface area contributed by atoms with Crippen molar-refractivity contribution in [2.45, 2.75) is 12.8 Å². The van der Waals surface area contributed by atoms with Gasteiger partial charge in [-0.15, -0.1) is 0 Å². The van der Waals surface area contributed by atoms with Crippen LogP contribution in [0.4, 0.5) is 23.8 Å². The summed E-state index contributed by atoms with van der Waals surface area (Å²) in [6, 6.07) is 11.3. The minimum absolute atomic E-state index is 0.0175. The maximum absolute atomic E-state index is 12.5. The molecule has 2 heterocycles. The molecule has 140 valence electrons. The van der Waals surface area contributed by atoms with E-state index in [-0.39, 0.29) is 12.4 Å². The number of ether oxygens (including phenoxy) is 1. The van der Waals surface area contributed by atoms with Gasteiger partial charge in [0.25, 0.3) is 0 Å². The zero-order valence-corrected chi connectivity index (χ0v) is 14.0. The van der Waals surface area contributed by atoms with Gasteiger partial charge in [-0.25, -0.2) is 9.78 Å². The van der Waals surface area contributed by atoms with Gasteiger partial charge >= 0.3 is 18.2 Å². The van der Waals surface area contributed by atoms with E-state index in [1.54, 1.807) is 36.5 Å². The van der Waals surface area contributed by atoms with Crippen LogP contribution in [-0.2, 0) is 17.5 Å². The standard InChI is InChI=1S/C17H13F3N4O3/c1-24(13-4-2-3-9-21-13)16(25)26-10-11-5-7-12(8-6-11)14-22-15(27-23-14)17(18,19)20/h2-9H,10H2,1H3. The maximum atomic E-state index is 12.5. The molecule has 0 aliphatic rings. The Labute approximate surface area is 151 Å². The van der Waals surface area contributed by atoms with E-state index in [0.717, 1.165) is 0 Å². The number of aromatic nitrogens is 3. The average molecular weight is 378 g/mol. The molecule has 0 spiro atoms. The molecule has 2 aromatic heterocycles. The minimum atomic E-state index is -4.70. The summed E-state index contributed by atoms with van der Waals surface area (Å²) in [6.45, 7) is -0.0175. The zero-order valence-electron chi connectivity index (χ0n) is 14.0. The van der Waals surface area contributed by atoms with Gasteiger partial charge in [-0.3, -0.25) is 4.90 Å². The molecule has 0 saturated carbocycles. The molecule has 0 aliphatic carbocycles. The third kappa shape index (κ3) is 4.40. The highest BCUT2D eigenvalue weighted by Crippen LogP contribution is 2.29. The quantitative estimate of drug-likeness (QED) is 0.684. The summed E-state index contributed by atoms with van der Waals surface area (Å²) >= 11 is 0. The minimum Gasteiger partial charge on any atom is -0.444 e. The lowest BCUT2D eigenvalue weighted by Gasteiger charge is -2.15. The predicted molar refractivity (Wildman–Crippen MR) is 87.6 cm³/mol. The van der Waals surface area contributed by atoms with E-state index in [1.807, 2.05) is 0 Å². The summed E-state index contributed by atoms with van der Waals surface area (Å²) in [5.41, 5.74) is 0.982. The summed E-state index contributed by atoms with van der Waals surface area (Å²) in [5.74, 6) is -1.15. The molecule has 3 rings (SSSR count). The van der Waals surface area contributed by atoms with E-state index in [2.05, 4.69) is 19.6 Å². The Bertz CT molecular complexity index is 911. The van der Waals surface area contributed by atoms with Crippen LogP contribution < -0.4 is 4.90 Å². The summed E-state index contributed by atoms with van der Waals surface area (Å²) < 4.78 is 46.9. The predicted octanol–water partition coefficient (Wildman–Crippen LogP) is 3.92. The van der Waals surface area contributed by atoms with Gasteiger partial charge in [-0.2, -0.15) is 18.2 Å². The Balaban J connectivity index is 1.61. The lowest BCUT2D eigenvalue weighted by molar-refractivity contribution is -0.159. The number of carbonyl (C=O) groups is 1. The fraction of sp³-hybridized carbons (Fsp3) is 0.176. The Hall–Kier alpha value is -3.43. The van der Waals surface area contributed by atoms with Crippen LogP contribution in [0.5, 0.6) is 0 Å². The molecule has 0 N–H and O–H groups in total. The number of anilines is 1. The second kappa shape index (κ2) is 7.44. The van der Waals surface area contributed by atoms with Gasteiger partial charge < -0.3 is 9.26 Å². The monoisotopic (exact) mass is 378 g/mol. The van der Waals surface area contributed by atoms with E-state index in [1.165, 1.54) is 24.1 Å². The normalized spacial score (nSPS) is 11.3. The molecule has 0 radical (unpaired) electrons. The fourth-order valence-corrected chi connectivity index (χ4v) is 2.09. The van der Waals surface area contributed by atoms with Gasteiger partial charge in [0.1, 0.15) is 12.4 Å². The smallest absolute Gasteiger partial charge is 0.444 e. The molecule has 0 atom stereocenters. The first-order valence-corrected chi connectivity index (χ1v) is 7.66. The molecule has 0 saturated heterocycles. The van der Waals surface area contributed by atoms with Gasteiger partial charge in [-0.1, -0.05) is 35.5 Å². The topological polar surface area (TPSA) is 81.4 Å². The Morgan fingerprint density at radius 1 is 1.19 bits per heavy atom.